The van der Waals surface area contributed by atoms with E-state index < -0.39 is 0 Å². The van der Waals surface area contributed by atoms with Gasteiger partial charge in [0.25, 0.3) is 0 Å². The number of methoxy groups -OCH3 is 1. The summed E-state index contributed by atoms with van der Waals surface area (Å²) in [5.74, 6) is 2.41. The number of hydrogen-bond acceptors (Lipinski definition) is 5. The Balaban J connectivity index is 2.11. The monoisotopic (exact) mass is 366 g/mol. The van der Waals surface area contributed by atoms with Gasteiger partial charge in [0, 0.05) is 23.6 Å². The van der Waals surface area contributed by atoms with E-state index in [2.05, 4.69) is 4.90 Å². The van der Waals surface area contributed by atoms with Gasteiger partial charge < -0.3 is 18.8 Å². The van der Waals surface area contributed by atoms with Gasteiger partial charge in [0.15, 0.2) is 0 Å². The van der Waals surface area contributed by atoms with Crippen LogP contribution in [0.4, 0.5) is 0 Å². The first kappa shape index (κ1) is 19.0. The molecule has 0 radical (unpaired) electrons. The van der Waals surface area contributed by atoms with Crippen molar-refractivity contribution in [2.24, 2.45) is 4.99 Å². The average molecular weight is 366 g/mol. The number of benzene rings is 2. The second kappa shape index (κ2) is 8.73. The number of fused-ring (bicyclic) bond motifs is 1. The lowest BCUT2D eigenvalue weighted by molar-refractivity contribution is 0.340. The predicted octanol–water partition coefficient (Wildman–Crippen LogP) is 3.97. The van der Waals surface area contributed by atoms with E-state index in [9.17, 15) is 0 Å². The maximum Gasteiger partial charge on any atom is 0.137 e. The fourth-order valence-corrected chi connectivity index (χ4v) is 2.80. The highest BCUT2D eigenvalue weighted by atomic mass is 16.5. The molecule has 0 spiro atoms. The van der Waals surface area contributed by atoms with Crippen molar-refractivity contribution in [1.29, 1.82) is 0 Å². The van der Waals surface area contributed by atoms with Crippen LogP contribution in [0.1, 0.15) is 6.92 Å². The lowest BCUT2D eigenvalue weighted by Gasteiger charge is -2.09. The number of nitrogens with zero attached hydrogens (tertiary/aromatic N) is 2. The molecule has 0 fully saturated rings. The van der Waals surface area contributed by atoms with Gasteiger partial charge in [0.2, 0.25) is 0 Å². The number of hydrogen-bond donors (Lipinski definition) is 0. The lowest BCUT2D eigenvalue weighted by Crippen LogP contribution is -2.17. The van der Waals surface area contributed by atoms with E-state index in [1.54, 1.807) is 7.11 Å². The molecule has 1 heterocycles. The van der Waals surface area contributed by atoms with Crippen LogP contribution in [0.25, 0.3) is 22.3 Å². The Bertz CT molecular complexity index is 959. The van der Waals surface area contributed by atoms with Crippen LogP contribution in [0.5, 0.6) is 11.5 Å². The van der Waals surface area contributed by atoms with Crippen molar-refractivity contribution in [2.75, 3.05) is 40.9 Å². The minimum Gasteiger partial charge on any atom is -0.497 e. The second-order valence-corrected chi connectivity index (χ2v) is 6.50. The summed E-state index contributed by atoms with van der Waals surface area (Å²) in [7, 11) is 5.75. The van der Waals surface area contributed by atoms with Gasteiger partial charge in [-0.3, -0.25) is 4.99 Å². The van der Waals surface area contributed by atoms with Gasteiger partial charge in [-0.2, -0.15) is 0 Å². The maximum absolute atomic E-state index is 6.16. The van der Waals surface area contributed by atoms with Crippen molar-refractivity contribution in [3.63, 3.8) is 0 Å². The highest BCUT2D eigenvalue weighted by molar-refractivity contribution is 5.80. The van der Waals surface area contributed by atoms with E-state index in [0.717, 1.165) is 45.7 Å². The largest absolute Gasteiger partial charge is 0.497 e. The Labute approximate surface area is 159 Å². The first-order valence-electron chi connectivity index (χ1n) is 9.11. The summed E-state index contributed by atoms with van der Waals surface area (Å²) < 4.78 is 17.0. The van der Waals surface area contributed by atoms with E-state index >= 15 is 0 Å². The predicted molar refractivity (Wildman–Crippen MR) is 108 cm³/mol. The summed E-state index contributed by atoms with van der Waals surface area (Å²) in [5, 5.41) is 1.86. The molecule has 0 N–H and O–H groups in total. The van der Waals surface area contributed by atoms with Crippen LogP contribution < -0.4 is 14.8 Å². The molecule has 0 aliphatic rings. The summed E-state index contributed by atoms with van der Waals surface area (Å²) in [6.07, 6.45) is 0. The minimum atomic E-state index is 0.625. The van der Waals surface area contributed by atoms with Gasteiger partial charge in [-0.1, -0.05) is 0 Å². The molecule has 0 saturated carbocycles. The fourth-order valence-electron chi connectivity index (χ4n) is 2.80. The normalized spacial score (nSPS) is 12.0. The van der Waals surface area contributed by atoms with Gasteiger partial charge in [-0.05, 0) is 63.5 Å². The molecule has 5 nitrogen and oxygen atoms in total. The van der Waals surface area contributed by atoms with Crippen molar-refractivity contribution < 1.29 is 13.9 Å². The van der Waals surface area contributed by atoms with Gasteiger partial charge in [-0.15, -0.1) is 0 Å². The third-order valence-corrected chi connectivity index (χ3v) is 4.23. The molecular formula is C22H26N2O3. The Morgan fingerprint density at radius 3 is 2.41 bits per heavy atom. The summed E-state index contributed by atoms with van der Waals surface area (Å²) in [6, 6.07) is 15.7. The van der Waals surface area contributed by atoms with E-state index in [4.69, 9.17) is 18.9 Å². The van der Waals surface area contributed by atoms with Crippen LogP contribution in [-0.2, 0) is 0 Å². The van der Waals surface area contributed by atoms with Gasteiger partial charge in [0.1, 0.15) is 22.8 Å². The molecule has 0 amide bonds. The zero-order chi connectivity index (χ0) is 19.2. The number of ether oxygens (including phenoxy) is 2. The summed E-state index contributed by atoms with van der Waals surface area (Å²) in [5.41, 5.74) is 1.77. The molecular weight excluding hydrogens is 340 g/mol. The third-order valence-electron chi connectivity index (χ3n) is 4.23. The Kier molecular flexibility index (Phi) is 6.14. The molecule has 0 bridgehead atoms. The molecule has 0 saturated heterocycles. The van der Waals surface area contributed by atoms with E-state index in [1.807, 2.05) is 69.6 Å². The van der Waals surface area contributed by atoms with Gasteiger partial charge >= 0.3 is 0 Å². The maximum atomic E-state index is 6.16. The van der Waals surface area contributed by atoms with Crippen LogP contribution in [0.15, 0.2) is 57.9 Å². The average Bonchev–Trinajstić information content (AvgIpc) is 2.68. The van der Waals surface area contributed by atoms with Crippen molar-refractivity contribution >= 4 is 11.0 Å². The van der Waals surface area contributed by atoms with Crippen molar-refractivity contribution in [3.8, 4) is 22.8 Å². The zero-order valence-corrected chi connectivity index (χ0v) is 16.4. The zero-order valence-electron chi connectivity index (χ0n) is 16.4. The smallest absolute Gasteiger partial charge is 0.137 e. The van der Waals surface area contributed by atoms with E-state index in [-0.39, 0.29) is 0 Å². The molecule has 0 atom stereocenters. The van der Waals surface area contributed by atoms with Crippen LogP contribution in [0.3, 0.4) is 0 Å². The first-order valence-corrected chi connectivity index (χ1v) is 9.11. The van der Waals surface area contributed by atoms with Crippen LogP contribution in [-0.4, -0.2) is 45.8 Å². The summed E-state index contributed by atoms with van der Waals surface area (Å²) in [4.78, 5) is 6.93. The molecule has 3 aromatic rings. The molecule has 2 aromatic carbocycles. The Morgan fingerprint density at radius 1 is 1.00 bits per heavy atom. The highest BCUT2D eigenvalue weighted by Gasteiger charge is 2.08. The third kappa shape index (κ3) is 4.68. The lowest BCUT2D eigenvalue weighted by atomic mass is 10.1. The number of rotatable bonds is 7. The van der Waals surface area contributed by atoms with Gasteiger partial charge in [-0.25, -0.2) is 0 Å². The van der Waals surface area contributed by atoms with Crippen LogP contribution in [0.2, 0.25) is 0 Å². The quantitative estimate of drug-likeness (QED) is 0.635. The summed E-state index contributed by atoms with van der Waals surface area (Å²) >= 11 is 0. The van der Waals surface area contributed by atoms with Gasteiger partial charge in [0.05, 0.1) is 25.6 Å². The van der Waals surface area contributed by atoms with E-state index in [0.29, 0.717) is 13.2 Å². The molecule has 3 rings (SSSR count). The molecule has 0 aliphatic heterocycles. The molecule has 0 unspecified atom stereocenters. The topological polar surface area (TPSA) is 47.2 Å². The summed E-state index contributed by atoms with van der Waals surface area (Å²) in [6.45, 7) is 4.20. The molecule has 0 aliphatic carbocycles. The Hall–Kier alpha value is -2.79. The van der Waals surface area contributed by atoms with E-state index in [1.165, 1.54) is 0 Å². The number of likely N-dealkylation sites (N-methyl/N-ethyl adjacent to an activating group) is 1. The standard InChI is InChI=1S/C22H26N2O3/c1-5-26-18-10-11-21-19(14-18)20(23-12-13-24(2)3)15-22(27-21)16-6-8-17(25-4)9-7-16/h6-11,14-15H,5,12-13H2,1-4H3. The van der Waals surface area contributed by atoms with Crippen LogP contribution in [0, 0.1) is 0 Å². The first-order chi connectivity index (χ1) is 13.1. The van der Waals surface area contributed by atoms with Crippen molar-refractivity contribution in [2.45, 2.75) is 6.92 Å². The Morgan fingerprint density at radius 2 is 1.74 bits per heavy atom. The van der Waals surface area contributed by atoms with Crippen molar-refractivity contribution in [3.05, 3.63) is 53.9 Å². The van der Waals surface area contributed by atoms with Crippen molar-refractivity contribution in [1.82, 2.24) is 4.90 Å². The highest BCUT2D eigenvalue weighted by Crippen LogP contribution is 2.26. The minimum absolute atomic E-state index is 0.625. The fraction of sp³-hybridized carbons (Fsp3) is 0.318. The second-order valence-electron chi connectivity index (χ2n) is 6.50. The molecule has 5 heteroatoms. The van der Waals surface area contributed by atoms with Crippen LogP contribution >= 0.6 is 0 Å². The molecule has 142 valence electrons. The SMILES string of the molecule is CCOc1ccc2oc(-c3ccc(OC)cc3)cc(=NCCN(C)C)c2c1. The molecule has 27 heavy (non-hydrogen) atoms. The molecule has 1 aromatic heterocycles.